The number of fused-ring (bicyclic) bond motifs is 1. The summed E-state index contributed by atoms with van der Waals surface area (Å²) >= 11 is 1.52. The van der Waals surface area contributed by atoms with Crippen molar-refractivity contribution in [1.82, 2.24) is 10.2 Å². The van der Waals surface area contributed by atoms with Crippen LogP contribution in [0, 0.1) is 0 Å². The van der Waals surface area contributed by atoms with E-state index in [4.69, 9.17) is 5.73 Å². The molecule has 2 aliphatic rings. The molecule has 0 saturated carbocycles. The quantitative estimate of drug-likeness (QED) is 0.813. The molecule has 1 amide bonds. The van der Waals surface area contributed by atoms with Gasteiger partial charge in [-0.3, -0.25) is 4.79 Å². The molecule has 0 aromatic carbocycles. The van der Waals surface area contributed by atoms with Crippen LogP contribution in [0.5, 0.6) is 0 Å². The molecular weight excluding hydrogens is 298 g/mol. The molecule has 3 N–H and O–H groups in total. The fourth-order valence-corrected chi connectivity index (χ4v) is 3.50. The highest BCUT2D eigenvalue weighted by molar-refractivity contribution is 7.15. The molecule has 0 atom stereocenters. The van der Waals surface area contributed by atoms with Gasteiger partial charge in [-0.25, -0.2) is 9.98 Å². The number of carbonyl (C=O) groups excluding carboxylic acids is 1. The summed E-state index contributed by atoms with van der Waals surface area (Å²) in [6.07, 6.45) is 6.50. The summed E-state index contributed by atoms with van der Waals surface area (Å²) in [7, 11) is 0. The van der Waals surface area contributed by atoms with Gasteiger partial charge >= 0.3 is 0 Å². The summed E-state index contributed by atoms with van der Waals surface area (Å²) in [5.74, 6) is 0.387. The van der Waals surface area contributed by atoms with Gasteiger partial charge in [-0.05, 0) is 17.7 Å². The Balaban J connectivity index is 1.85. The highest BCUT2D eigenvalue weighted by atomic mass is 32.1. The lowest BCUT2D eigenvalue weighted by molar-refractivity contribution is 0.0740. The molecule has 1 aromatic heterocycles. The van der Waals surface area contributed by atoms with Gasteiger partial charge in [0.1, 0.15) is 0 Å². The number of nitrogens with one attached hydrogen (secondary N) is 1. The molecule has 6 nitrogen and oxygen atoms in total. The Kier molecular flexibility index (Phi) is 4.65. The first-order valence-electron chi connectivity index (χ1n) is 7.36. The van der Waals surface area contributed by atoms with Gasteiger partial charge in [-0.2, -0.15) is 0 Å². The second kappa shape index (κ2) is 6.85. The molecule has 2 aliphatic heterocycles. The molecule has 3 rings (SSSR count). The number of thiophene rings is 1. The number of piperazine rings is 1. The minimum Gasteiger partial charge on any atom is -0.368 e. The second-order valence-electron chi connectivity index (χ2n) is 5.17. The summed E-state index contributed by atoms with van der Waals surface area (Å²) in [5.41, 5.74) is 6.74. The zero-order valence-corrected chi connectivity index (χ0v) is 13.1. The van der Waals surface area contributed by atoms with E-state index in [1.54, 1.807) is 6.21 Å². The number of hydrogen-bond acceptors (Lipinski definition) is 6. The van der Waals surface area contributed by atoms with E-state index in [0.717, 1.165) is 41.5 Å². The number of allylic oxidation sites excluding steroid dienone is 1. The summed E-state index contributed by atoms with van der Waals surface area (Å²) in [6.45, 7) is 3.68. The van der Waals surface area contributed by atoms with E-state index >= 15 is 0 Å². The second-order valence-corrected chi connectivity index (χ2v) is 6.25. The van der Waals surface area contributed by atoms with Crippen LogP contribution in [0.25, 0.3) is 6.08 Å². The standard InChI is InChI=1S/C15H19N5OS/c16-15-18-4-2-1-3-12-11(10-19-15)9-13(22-12)14(21)20-7-5-17-6-8-20/h1,3-4,9,17H,2,5-8,10H2,(H2,16,19)/b3-1-,18-4-. The van der Waals surface area contributed by atoms with Crippen molar-refractivity contribution in [2.24, 2.45) is 15.7 Å². The Morgan fingerprint density at radius 1 is 1.36 bits per heavy atom. The Bertz CT molecular complexity index is 640. The Labute approximate surface area is 133 Å². The maximum absolute atomic E-state index is 12.6. The van der Waals surface area contributed by atoms with Crippen LogP contribution in [0.1, 0.15) is 26.5 Å². The van der Waals surface area contributed by atoms with Crippen LogP contribution in [-0.4, -0.2) is 49.2 Å². The van der Waals surface area contributed by atoms with E-state index < -0.39 is 0 Å². The van der Waals surface area contributed by atoms with E-state index in [2.05, 4.69) is 15.3 Å². The maximum Gasteiger partial charge on any atom is 0.264 e. The number of rotatable bonds is 1. The van der Waals surface area contributed by atoms with E-state index in [9.17, 15) is 4.79 Å². The predicted octanol–water partition coefficient (Wildman–Crippen LogP) is 1.10. The third-order valence-electron chi connectivity index (χ3n) is 3.60. The van der Waals surface area contributed by atoms with Crippen LogP contribution < -0.4 is 11.1 Å². The molecule has 1 aromatic rings. The number of nitrogens with two attached hydrogens (primary N) is 1. The number of nitrogens with zero attached hydrogens (tertiary/aromatic N) is 3. The van der Waals surface area contributed by atoms with Crippen molar-refractivity contribution < 1.29 is 4.79 Å². The van der Waals surface area contributed by atoms with Crippen LogP contribution >= 0.6 is 11.3 Å². The van der Waals surface area contributed by atoms with E-state index in [1.165, 1.54) is 11.3 Å². The summed E-state index contributed by atoms with van der Waals surface area (Å²) in [5, 5.41) is 3.26. The van der Waals surface area contributed by atoms with Crippen molar-refractivity contribution in [2.45, 2.75) is 13.0 Å². The van der Waals surface area contributed by atoms with E-state index in [0.29, 0.717) is 13.0 Å². The highest BCUT2D eigenvalue weighted by Crippen LogP contribution is 2.26. The number of guanidine groups is 1. The molecule has 0 aliphatic carbocycles. The van der Waals surface area contributed by atoms with Crippen LogP contribution in [0.3, 0.4) is 0 Å². The number of carbonyl (C=O) groups is 1. The molecule has 0 unspecified atom stereocenters. The first kappa shape index (κ1) is 14.9. The average Bonchev–Trinajstić information content (AvgIpc) is 2.96. The van der Waals surface area contributed by atoms with Crippen molar-refractivity contribution in [3.05, 3.63) is 27.5 Å². The summed E-state index contributed by atoms with van der Waals surface area (Å²) in [6, 6.07) is 1.94. The molecule has 1 saturated heterocycles. The lowest BCUT2D eigenvalue weighted by Crippen LogP contribution is -2.46. The SMILES string of the molecule is NC1=N/Cc2cc(C(=O)N3CCNCC3)sc2/C=C\C/C=N\1. The largest absolute Gasteiger partial charge is 0.368 e. The van der Waals surface area contributed by atoms with Gasteiger partial charge in [0.05, 0.1) is 11.4 Å². The Hall–Kier alpha value is -1.99. The van der Waals surface area contributed by atoms with Gasteiger partial charge in [0.2, 0.25) is 5.96 Å². The van der Waals surface area contributed by atoms with E-state index in [1.807, 2.05) is 23.1 Å². The zero-order valence-electron chi connectivity index (χ0n) is 12.3. The summed E-state index contributed by atoms with van der Waals surface area (Å²) in [4.78, 5) is 24.6. The number of amides is 1. The molecule has 0 spiro atoms. The first-order valence-corrected chi connectivity index (χ1v) is 8.17. The molecule has 22 heavy (non-hydrogen) atoms. The van der Waals surface area contributed by atoms with Crippen LogP contribution in [0.2, 0.25) is 0 Å². The van der Waals surface area contributed by atoms with Crippen molar-refractivity contribution in [1.29, 1.82) is 0 Å². The van der Waals surface area contributed by atoms with Gasteiger partial charge in [0.25, 0.3) is 5.91 Å². The molecule has 1 fully saturated rings. The van der Waals surface area contributed by atoms with Crippen LogP contribution in [-0.2, 0) is 6.54 Å². The lowest BCUT2D eigenvalue weighted by atomic mass is 10.2. The van der Waals surface area contributed by atoms with Crippen molar-refractivity contribution in [3.8, 4) is 0 Å². The van der Waals surface area contributed by atoms with E-state index in [-0.39, 0.29) is 11.9 Å². The zero-order chi connectivity index (χ0) is 15.4. The molecule has 0 radical (unpaired) electrons. The van der Waals surface area contributed by atoms with Gasteiger partial charge < -0.3 is 16.0 Å². The maximum atomic E-state index is 12.6. The molecule has 7 heteroatoms. The summed E-state index contributed by atoms with van der Waals surface area (Å²) < 4.78 is 0. The lowest BCUT2D eigenvalue weighted by Gasteiger charge is -2.26. The monoisotopic (exact) mass is 317 g/mol. The fraction of sp³-hybridized carbons (Fsp3) is 0.400. The van der Waals surface area contributed by atoms with Gasteiger partial charge in [-0.1, -0.05) is 6.08 Å². The van der Waals surface area contributed by atoms with Gasteiger partial charge in [0, 0.05) is 43.7 Å². The van der Waals surface area contributed by atoms with Crippen LogP contribution in [0.15, 0.2) is 22.1 Å². The Morgan fingerprint density at radius 3 is 3.00 bits per heavy atom. The molecule has 0 bridgehead atoms. The molecule has 116 valence electrons. The topological polar surface area (TPSA) is 83.1 Å². The minimum absolute atomic E-state index is 0.107. The van der Waals surface area contributed by atoms with Crippen molar-refractivity contribution >= 4 is 35.5 Å². The Morgan fingerprint density at radius 2 is 2.18 bits per heavy atom. The van der Waals surface area contributed by atoms with Crippen LogP contribution in [0.4, 0.5) is 0 Å². The normalized spacial score (nSPS) is 24.0. The average molecular weight is 317 g/mol. The van der Waals surface area contributed by atoms with Gasteiger partial charge in [-0.15, -0.1) is 11.3 Å². The number of aliphatic imine (C=N–C) groups is 2. The van der Waals surface area contributed by atoms with Gasteiger partial charge in [0.15, 0.2) is 0 Å². The highest BCUT2D eigenvalue weighted by Gasteiger charge is 2.21. The third kappa shape index (κ3) is 3.42. The fourth-order valence-electron chi connectivity index (χ4n) is 2.43. The number of hydrogen-bond donors (Lipinski definition) is 2. The molecular formula is C15H19N5OS. The third-order valence-corrected chi connectivity index (χ3v) is 4.73. The minimum atomic E-state index is 0.107. The molecule has 3 heterocycles. The predicted molar refractivity (Wildman–Crippen MR) is 90.6 cm³/mol. The first-order chi connectivity index (χ1) is 10.7. The smallest absolute Gasteiger partial charge is 0.264 e. The van der Waals surface area contributed by atoms with Crippen molar-refractivity contribution in [2.75, 3.05) is 26.2 Å². The van der Waals surface area contributed by atoms with Crippen molar-refractivity contribution in [3.63, 3.8) is 0 Å².